The third-order valence-electron chi connectivity index (χ3n) is 2.10. The average Bonchev–Trinajstić information content (AvgIpc) is 2.26. The lowest BCUT2D eigenvalue weighted by Gasteiger charge is -2.07. The number of pyridine rings is 1. The van der Waals surface area contributed by atoms with E-state index < -0.39 is 14.9 Å². The monoisotopic (exact) mass is 289 g/mol. The summed E-state index contributed by atoms with van der Waals surface area (Å²) < 4.78 is 23.9. The topological polar surface area (TPSA) is 140 Å². The number of nitrogens with two attached hydrogens (primary N) is 1. The van der Waals surface area contributed by atoms with Gasteiger partial charge in [0.15, 0.2) is 0 Å². The second-order valence-electron chi connectivity index (χ2n) is 3.81. The molecule has 9 nitrogen and oxygen atoms in total. The minimum atomic E-state index is -3.22. The number of rotatable bonds is 7. The molecule has 1 aromatic rings. The molecule has 4 N–H and O–H groups in total. The maximum atomic E-state index is 10.8. The van der Waals surface area contributed by atoms with Gasteiger partial charge in [0.25, 0.3) is 0 Å². The minimum Gasteiger partial charge on any atom is -0.384 e. The molecule has 0 aromatic carbocycles. The number of anilines is 2. The number of nitrogens with zero attached hydrogens (tertiary/aromatic N) is 2. The van der Waals surface area contributed by atoms with Crippen LogP contribution in [-0.2, 0) is 10.0 Å². The number of hydrogen-bond acceptors (Lipinski definition) is 7. The Morgan fingerprint density at radius 1 is 1.42 bits per heavy atom. The van der Waals surface area contributed by atoms with Crippen molar-refractivity contribution in [3.8, 4) is 0 Å². The summed E-state index contributed by atoms with van der Waals surface area (Å²) in [5.41, 5.74) is 5.27. The van der Waals surface area contributed by atoms with E-state index in [-0.39, 0.29) is 23.9 Å². The highest BCUT2D eigenvalue weighted by Gasteiger charge is 2.14. The molecule has 0 aliphatic carbocycles. The predicted molar refractivity (Wildman–Crippen MR) is 71.3 cm³/mol. The summed E-state index contributed by atoms with van der Waals surface area (Å²) in [6.45, 7) is 0.571. The lowest BCUT2D eigenvalue weighted by atomic mass is 10.3. The van der Waals surface area contributed by atoms with Gasteiger partial charge in [-0.05, 0) is 12.5 Å². The molecule has 0 aliphatic rings. The van der Waals surface area contributed by atoms with Crippen molar-refractivity contribution < 1.29 is 13.3 Å². The van der Waals surface area contributed by atoms with Gasteiger partial charge in [-0.2, -0.15) is 0 Å². The Bertz CT molecular complexity index is 560. The molecule has 0 saturated heterocycles. The van der Waals surface area contributed by atoms with Crippen LogP contribution in [0.5, 0.6) is 0 Å². The Morgan fingerprint density at radius 3 is 2.68 bits per heavy atom. The van der Waals surface area contributed by atoms with E-state index in [4.69, 9.17) is 5.73 Å². The Morgan fingerprint density at radius 2 is 2.11 bits per heavy atom. The van der Waals surface area contributed by atoms with Gasteiger partial charge < -0.3 is 11.1 Å². The van der Waals surface area contributed by atoms with Crippen LogP contribution >= 0.6 is 0 Å². The second-order valence-corrected chi connectivity index (χ2v) is 5.64. The van der Waals surface area contributed by atoms with E-state index in [0.717, 1.165) is 6.26 Å². The van der Waals surface area contributed by atoms with Gasteiger partial charge in [-0.3, -0.25) is 10.1 Å². The summed E-state index contributed by atoms with van der Waals surface area (Å²) in [7, 11) is -3.22. The molecule has 0 saturated carbocycles. The van der Waals surface area contributed by atoms with E-state index >= 15 is 0 Å². The van der Waals surface area contributed by atoms with Crippen molar-refractivity contribution in [1.29, 1.82) is 0 Å². The van der Waals surface area contributed by atoms with Crippen molar-refractivity contribution in [2.75, 3.05) is 30.4 Å². The Balaban J connectivity index is 2.53. The Hall–Kier alpha value is -1.94. The summed E-state index contributed by atoms with van der Waals surface area (Å²) in [6, 6.07) is 2.61. The lowest BCUT2D eigenvalue weighted by molar-refractivity contribution is -0.384. The molecular weight excluding hydrogens is 274 g/mol. The highest BCUT2D eigenvalue weighted by atomic mass is 32.2. The van der Waals surface area contributed by atoms with E-state index in [1.165, 1.54) is 12.1 Å². The van der Waals surface area contributed by atoms with Crippen LogP contribution in [0, 0.1) is 10.1 Å². The van der Waals surface area contributed by atoms with Gasteiger partial charge >= 0.3 is 5.69 Å². The zero-order chi connectivity index (χ0) is 14.5. The zero-order valence-corrected chi connectivity index (χ0v) is 11.1. The molecule has 1 aromatic heterocycles. The first-order chi connectivity index (χ1) is 8.79. The van der Waals surface area contributed by atoms with Crippen molar-refractivity contribution in [2.45, 2.75) is 6.42 Å². The van der Waals surface area contributed by atoms with E-state index in [2.05, 4.69) is 15.0 Å². The zero-order valence-electron chi connectivity index (χ0n) is 10.3. The second kappa shape index (κ2) is 6.29. The van der Waals surface area contributed by atoms with Gasteiger partial charge in [0.1, 0.15) is 5.82 Å². The average molecular weight is 289 g/mol. The molecule has 0 atom stereocenters. The predicted octanol–water partition coefficient (Wildman–Crippen LogP) is -0.0768. The molecule has 1 rings (SSSR count). The third-order valence-corrected chi connectivity index (χ3v) is 2.83. The number of hydrogen-bond donors (Lipinski definition) is 3. The summed E-state index contributed by atoms with van der Waals surface area (Å²) >= 11 is 0. The van der Waals surface area contributed by atoms with Gasteiger partial charge in [0.05, 0.1) is 11.2 Å². The van der Waals surface area contributed by atoms with Gasteiger partial charge in [-0.1, -0.05) is 0 Å². The molecule has 106 valence electrons. The largest absolute Gasteiger partial charge is 0.384 e. The molecular formula is C9H15N5O4S. The summed E-state index contributed by atoms with van der Waals surface area (Å²) in [4.78, 5) is 14.0. The first-order valence-electron chi connectivity index (χ1n) is 5.39. The van der Waals surface area contributed by atoms with Gasteiger partial charge in [0, 0.05) is 19.2 Å². The van der Waals surface area contributed by atoms with Crippen LogP contribution in [0.15, 0.2) is 12.1 Å². The van der Waals surface area contributed by atoms with Gasteiger partial charge in [-0.25, -0.2) is 18.1 Å². The molecule has 0 amide bonds. The highest BCUT2D eigenvalue weighted by molar-refractivity contribution is 7.88. The first-order valence-corrected chi connectivity index (χ1v) is 7.28. The Kier molecular flexibility index (Phi) is 5.01. The lowest BCUT2D eigenvalue weighted by Crippen LogP contribution is -2.24. The molecule has 0 spiro atoms. The fraction of sp³-hybridized carbons (Fsp3) is 0.444. The molecule has 19 heavy (non-hydrogen) atoms. The molecule has 0 fully saturated rings. The SMILES string of the molecule is CS(=O)(=O)NCCCNc1nc(N)ccc1[N+](=O)[O-]. The molecule has 0 unspecified atom stereocenters. The van der Waals surface area contributed by atoms with E-state index in [1.54, 1.807) is 0 Å². The summed E-state index contributed by atoms with van der Waals surface area (Å²) in [5.74, 6) is 0.242. The molecule has 1 heterocycles. The number of nitrogens with one attached hydrogen (secondary N) is 2. The van der Waals surface area contributed by atoms with Crippen molar-refractivity contribution >= 4 is 27.3 Å². The minimum absolute atomic E-state index is 0.0735. The van der Waals surface area contributed by atoms with E-state index in [1.807, 2.05) is 0 Å². The first kappa shape index (κ1) is 15.1. The van der Waals surface area contributed by atoms with Crippen molar-refractivity contribution in [2.24, 2.45) is 0 Å². The van der Waals surface area contributed by atoms with Crippen LogP contribution in [0.3, 0.4) is 0 Å². The van der Waals surface area contributed by atoms with Crippen LogP contribution in [0.4, 0.5) is 17.3 Å². The molecule has 10 heteroatoms. The van der Waals surface area contributed by atoms with Crippen LogP contribution < -0.4 is 15.8 Å². The maximum absolute atomic E-state index is 10.8. The van der Waals surface area contributed by atoms with Crippen molar-refractivity contribution in [3.63, 3.8) is 0 Å². The van der Waals surface area contributed by atoms with Crippen molar-refractivity contribution in [1.82, 2.24) is 9.71 Å². The van der Waals surface area contributed by atoms with Crippen LogP contribution in [0.1, 0.15) is 6.42 Å². The number of nitro groups is 1. The van der Waals surface area contributed by atoms with Gasteiger partial charge in [-0.15, -0.1) is 0 Å². The Labute approximate surface area is 110 Å². The van der Waals surface area contributed by atoms with Crippen LogP contribution in [-0.4, -0.2) is 37.7 Å². The van der Waals surface area contributed by atoms with E-state index in [9.17, 15) is 18.5 Å². The molecule has 0 aliphatic heterocycles. The summed E-state index contributed by atoms with van der Waals surface area (Å²) in [6.07, 6.45) is 1.52. The molecule has 0 radical (unpaired) electrons. The maximum Gasteiger partial charge on any atom is 0.311 e. The highest BCUT2D eigenvalue weighted by Crippen LogP contribution is 2.22. The fourth-order valence-corrected chi connectivity index (χ4v) is 1.81. The quantitative estimate of drug-likeness (QED) is 0.362. The van der Waals surface area contributed by atoms with Gasteiger partial charge in [0.2, 0.25) is 15.8 Å². The smallest absolute Gasteiger partial charge is 0.311 e. The third kappa shape index (κ3) is 5.48. The molecule has 0 bridgehead atoms. The fourth-order valence-electron chi connectivity index (χ4n) is 1.30. The normalized spacial score (nSPS) is 11.2. The van der Waals surface area contributed by atoms with Crippen LogP contribution in [0.25, 0.3) is 0 Å². The summed E-state index contributed by atoms with van der Waals surface area (Å²) in [5, 5.41) is 13.5. The van der Waals surface area contributed by atoms with E-state index in [0.29, 0.717) is 13.0 Å². The number of nitrogen functional groups attached to an aromatic ring is 1. The number of aromatic nitrogens is 1. The standard InChI is InChI=1S/C9H15N5O4S/c1-19(17,18)12-6-2-5-11-9-7(14(15)16)3-4-8(10)13-9/h3-4,12H,2,5-6H2,1H3,(H3,10,11,13). The van der Waals surface area contributed by atoms with Crippen LogP contribution in [0.2, 0.25) is 0 Å². The number of sulfonamides is 1. The van der Waals surface area contributed by atoms with Crippen molar-refractivity contribution in [3.05, 3.63) is 22.2 Å².